The van der Waals surface area contributed by atoms with E-state index in [-0.39, 0.29) is 17.1 Å². The van der Waals surface area contributed by atoms with Gasteiger partial charge >= 0.3 is 6.18 Å². The number of amides is 1. The van der Waals surface area contributed by atoms with Gasteiger partial charge in [-0.2, -0.15) is 22.5 Å². The van der Waals surface area contributed by atoms with Crippen LogP contribution in [0, 0.1) is 5.82 Å². The van der Waals surface area contributed by atoms with Crippen LogP contribution in [0.2, 0.25) is 0 Å². The van der Waals surface area contributed by atoms with E-state index in [4.69, 9.17) is 5.11 Å². The second-order valence-corrected chi connectivity index (χ2v) is 4.32. The van der Waals surface area contributed by atoms with Crippen LogP contribution < -0.4 is 5.32 Å². The van der Waals surface area contributed by atoms with E-state index in [9.17, 15) is 22.4 Å². The number of hydrogen-bond acceptors (Lipinski definition) is 5. The number of carbonyl (C=O) groups excluding carboxylic acids is 1. The first-order chi connectivity index (χ1) is 9.25. The van der Waals surface area contributed by atoms with Gasteiger partial charge in [-0.05, 0) is 23.7 Å². The number of aromatic nitrogens is 2. The normalized spacial score (nSPS) is 11.4. The molecule has 0 bridgehead atoms. The molecule has 2 N–H and O–H groups in total. The highest BCUT2D eigenvalue weighted by atomic mass is 32.1. The van der Waals surface area contributed by atoms with E-state index < -0.39 is 34.6 Å². The van der Waals surface area contributed by atoms with E-state index >= 15 is 0 Å². The maximum atomic E-state index is 13.0. The van der Waals surface area contributed by atoms with Gasteiger partial charge in [-0.1, -0.05) is 0 Å². The molecule has 0 fully saturated rings. The zero-order valence-electron chi connectivity index (χ0n) is 9.40. The molecule has 106 valence electrons. The molecular formula is C10H5F4N3O2S. The molecule has 10 heteroatoms. The Morgan fingerprint density at radius 3 is 2.55 bits per heavy atom. The summed E-state index contributed by atoms with van der Waals surface area (Å²) in [6.45, 7) is 0. The Morgan fingerprint density at radius 1 is 1.30 bits per heavy atom. The molecule has 1 aromatic carbocycles. The van der Waals surface area contributed by atoms with E-state index in [0.717, 1.165) is 18.2 Å². The summed E-state index contributed by atoms with van der Waals surface area (Å²) >= 11 is 0.0757. The van der Waals surface area contributed by atoms with Crippen molar-refractivity contribution in [2.45, 2.75) is 6.18 Å². The number of aromatic hydroxyl groups is 1. The number of carbonyl (C=O) groups is 1. The number of rotatable bonds is 2. The van der Waals surface area contributed by atoms with Crippen molar-refractivity contribution in [3.8, 4) is 5.75 Å². The van der Waals surface area contributed by atoms with E-state index in [1.54, 1.807) is 0 Å². The predicted octanol–water partition coefficient (Wildman–Crippen LogP) is 2.65. The number of nitrogens with zero attached hydrogens (tertiary/aromatic N) is 2. The fourth-order valence-electron chi connectivity index (χ4n) is 1.27. The van der Waals surface area contributed by atoms with Crippen molar-refractivity contribution in [1.29, 1.82) is 0 Å². The monoisotopic (exact) mass is 307 g/mol. The summed E-state index contributed by atoms with van der Waals surface area (Å²) in [4.78, 5) is 14.7. The van der Waals surface area contributed by atoms with Crippen molar-refractivity contribution in [1.82, 2.24) is 9.36 Å². The molecule has 0 unspecified atom stereocenters. The zero-order valence-corrected chi connectivity index (χ0v) is 10.2. The summed E-state index contributed by atoms with van der Waals surface area (Å²) in [5.74, 6) is -2.84. The number of phenolic OH excluding ortho intramolecular Hbond substituents is 1. The standard InChI is InChI=1S/C10H5F4N3O2S/c11-5-1-4(2-6(18)3-5)7(19)15-9-16-8(20-17-9)10(12,13)14/h1-3,18H,(H,15,17,19). The Morgan fingerprint density at radius 2 is 2.00 bits per heavy atom. The number of nitrogens with one attached hydrogen (secondary N) is 1. The van der Waals surface area contributed by atoms with Crippen LogP contribution in [0.15, 0.2) is 18.2 Å². The van der Waals surface area contributed by atoms with Gasteiger partial charge in [-0.15, -0.1) is 0 Å². The number of benzene rings is 1. The largest absolute Gasteiger partial charge is 0.508 e. The average Bonchev–Trinajstić information content (AvgIpc) is 2.75. The van der Waals surface area contributed by atoms with Crippen molar-refractivity contribution in [2.24, 2.45) is 0 Å². The van der Waals surface area contributed by atoms with Crippen LogP contribution >= 0.6 is 11.5 Å². The molecule has 0 aliphatic rings. The van der Waals surface area contributed by atoms with Gasteiger partial charge in [0.15, 0.2) is 0 Å². The summed E-state index contributed by atoms with van der Waals surface area (Å²) in [6, 6.07) is 2.54. The lowest BCUT2D eigenvalue weighted by Gasteiger charge is -2.02. The smallest absolute Gasteiger partial charge is 0.444 e. The maximum absolute atomic E-state index is 13.0. The molecule has 2 rings (SSSR count). The highest BCUT2D eigenvalue weighted by Gasteiger charge is 2.35. The average molecular weight is 307 g/mol. The van der Waals surface area contributed by atoms with Crippen LogP contribution in [0.1, 0.15) is 15.4 Å². The Hall–Kier alpha value is -2.23. The van der Waals surface area contributed by atoms with Gasteiger partial charge in [-0.3, -0.25) is 10.1 Å². The second-order valence-electron chi connectivity index (χ2n) is 3.57. The van der Waals surface area contributed by atoms with E-state index in [1.165, 1.54) is 0 Å². The third-order valence-corrected chi connectivity index (χ3v) is 2.80. The molecule has 1 amide bonds. The molecular weight excluding hydrogens is 302 g/mol. The SMILES string of the molecule is O=C(Nc1nsc(C(F)(F)F)n1)c1cc(O)cc(F)c1. The Bertz CT molecular complexity index is 636. The van der Waals surface area contributed by atoms with Crippen LogP contribution in [0.3, 0.4) is 0 Å². The number of alkyl halides is 3. The minimum absolute atomic E-state index is 0.0757. The first kappa shape index (κ1) is 14.2. The predicted molar refractivity (Wildman–Crippen MR) is 60.9 cm³/mol. The van der Waals surface area contributed by atoms with Crippen LogP contribution in [0.5, 0.6) is 5.75 Å². The summed E-state index contributed by atoms with van der Waals surface area (Å²) in [5, 5.41) is 9.89. The topological polar surface area (TPSA) is 75.1 Å². The van der Waals surface area contributed by atoms with Crippen molar-refractivity contribution >= 4 is 23.4 Å². The molecule has 0 atom stereocenters. The van der Waals surface area contributed by atoms with E-state index in [1.807, 2.05) is 5.32 Å². The van der Waals surface area contributed by atoms with Crippen molar-refractivity contribution in [2.75, 3.05) is 5.32 Å². The second kappa shape index (κ2) is 5.04. The van der Waals surface area contributed by atoms with Crippen molar-refractivity contribution in [3.05, 3.63) is 34.6 Å². The van der Waals surface area contributed by atoms with Crippen LogP contribution in [-0.4, -0.2) is 20.4 Å². The van der Waals surface area contributed by atoms with Gasteiger partial charge < -0.3 is 5.11 Å². The number of halogens is 4. The molecule has 0 saturated heterocycles. The highest BCUT2D eigenvalue weighted by molar-refractivity contribution is 7.05. The van der Waals surface area contributed by atoms with Crippen LogP contribution in [0.4, 0.5) is 23.5 Å². The van der Waals surface area contributed by atoms with E-state index in [2.05, 4.69) is 9.36 Å². The lowest BCUT2D eigenvalue weighted by Crippen LogP contribution is -2.13. The van der Waals surface area contributed by atoms with Gasteiger partial charge in [0.2, 0.25) is 11.0 Å². The Kier molecular flexibility index (Phi) is 3.57. The quantitative estimate of drug-likeness (QED) is 0.836. The van der Waals surface area contributed by atoms with Gasteiger partial charge in [0.1, 0.15) is 11.6 Å². The minimum atomic E-state index is -4.65. The van der Waals surface area contributed by atoms with Gasteiger partial charge in [0.25, 0.3) is 5.91 Å². The first-order valence-electron chi connectivity index (χ1n) is 4.97. The van der Waals surface area contributed by atoms with Crippen molar-refractivity contribution < 1.29 is 27.5 Å². The Labute approximate surface area is 113 Å². The van der Waals surface area contributed by atoms with Gasteiger partial charge in [-0.25, -0.2) is 4.39 Å². The molecule has 0 saturated carbocycles. The lowest BCUT2D eigenvalue weighted by atomic mass is 10.2. The summed E-state index contributed by atoms with van der Waals surface area (Å²) in [6.07, 6.45) is -4.65. The number of hydrogen-bond donors (Lipinski definition) is 2. The van der Waals surface area contributed by atoms with Crippen LogP contribution in [-0.2, 0) is 6.18 Å². The summed E-state index contributed by atoms with van der Waals surface area (Å²) in [5.41, 5.74) is -0.272. The molecule has 0 spiro atoms. The summed E-state index contributed by atoms with van der Waals surface area (Å²) in [7, 11) is 0. The molecule has 5 nitrogen and oxygen atoms in total. The van der Waals surface area contributed by atoms with Crippen molar-refractivity contribution in [3.63, 3.8) is 0 Å². The molecule has 0 aliphatic carbocycles. The maximum Gasteiger partial charge on any atom is 0.444 e. The van der Waals surface area contributed by atoms with E-state index in [0.29, 0.717) is 0 Å². The van der Waals surface area contributed by atoms with Gasteiger partial charge in [0.05, 0.1) is 0 Å². The Balaban J connectivity index is 2.17. The lowest BCUT2D eigenvalue weighted by molar-refractivity contribution is -0.137. The molecule has 20 heavy (non-hydrogen) atoms. The molecule has 1 aromatic heterocycles. The van der Waals surface area contributed by atoms with Crippen LogP contribution in [0.25, 0.3) is 0 Å². The fraction of sp³-hybridized carbons (Fsp3) is 0.100. The number of anilines is 1. The zero-order chi connectivity index (χ0) is 14.9. The number of phenols is 1. The first-order valence-corrected chi connectivity index (χ1v) is 5.75. The summed E-state index contributed by atoms with van der Waals surface area (Å²) < 4.78 is 53.1. The minimum Gasteiger partial charge on any atom is -0.508 e. The molecule has 0 aliphatic heterocycles. The van der Waals surface area contributed by atoms with Gasteiger partial charge in [0, 0.05) is 11.6 Å². The third kappa shape index (κ3) is 3.20. The fourth-order valence-corrected chi connectivity index (χ4v) is 1.76. The third-order valence-electron chi connectivity index (χ3n) is 2.04. The molecule has 0 radical (unpaired) electrons. The highest BCUT2D eigenvalue weighted by Crippen LogP contribution is 2.31. The molecule has 1 heterocycles. The molecule has 2 aromatic rings.